The Morgan fingerprint density at radius 2 is 1.59 bits per heavy atom. The van der Waals surface area contributed by atoms with Crippen LogP contribution in [-0.4, -0.2) is 74.0 Å². The van der Waals surface area contributed by atoms with E-state index < -0.39 is 35.7 Å². The summed E-state index contributed by atoms with van der Waals surface area (Å²) in [5.74, 6) is -2.44. The molecule has 3 amide bonds. The van der Waals surface area contributed by atoms with Gasteiger partial charge in [0.25, 0.3) is 5.91 Å². The first kappa shape index (κ1) is 27.6. The maximum absolute atomic E-state index is 13.9. The zero-order chi connectivity index (χ0) is 28.1. The van der Waals surface area contributed by atoms with Crippen LogP contribution in [0.3, 0.4) is 0 Å². The topological polar surface area (TPSA) is 140 Å². The standard InChI is InChI=1S/C28H31N3O8/c1-37-23-11-7-4-8-19(23)26(34)31-21-10-6-5-9-20(21)30-25(33)22(31)15-24(32)29-18-13-16(27(35)38-2)12-17(14-18)28(36)39-3/h4,7-8,11-14,20-22H,5-6,9-10,15H2,1-3H3,(H,29,32)(H,30,33)/t20-,21-,22-/m1/s1. The van der Waals surface area contributed by atoms with E-state index in [1.54, 1.807) is 24.3 Å². The van der Waals surface area contributed by atoms with E-state index in [9.17, 15) is 24.0 Å². The van der Waals surface area contributed by atoms with Crippen molar-refractivity contribution in [3.63, 3.8) is 0 Å². The number of hydrogen-bond acceptors (Lipinski definition) is 8. The summed E-state index contributed by atoms with van der Waals surface area (Å²) in [5, 5.41) is 5.64. The van der Waals surface area contributed by atoms with Gasteiger partial charge in [-0.25, -0.2) is 9.59 Å². The second-order valence-electron chi connectivity index (χ2n) is 9.43. The van der Waals surface area contributed by atoms with Gasteiger partial charge in [0, 0.05) is 11.7 Å². The van der Waals surface area contributed by atoms with Crippen molar-refractivity contribution >= 4 is 35.3 Å². The van der Waals surface area contributed by atoms with E-state index in [-0.39, 0.29) is 35.3 Å². The van der Waals surface area contributed by atoms with Crippen LogP contribution in [0.1, 0.15) is 63.2 Å². The molecule has 1 saturated carbocycles. The molecule has 0 radical (unpaired) electrons. The minimum absolute atomic E-state index is 0.0316. The number of piperazine rings is 1. The van der Waals surface area contributed by atoms with E-state index in [1.165, 1.54) is 44.4 Å². The molecule has 11 heteroatoms. The van der Waals surface area contributed by atoms with Crippen LogP contribution in [0.25, 0.3) is 0 Å². The van der Waals surface area contributed by atoms with E-state index in [0.717, 1.165) is 19.3 Å². The van der Waals surface area contributed by atoms with Crippen molar-refractivity contribution in [1.29, 1.82) is 0 Å². The Kier molecular flexibility index (Phi) is 8.48. The minimum atomic E-state index is -1.08. The summed E-state index contributed by atoms with van der Waals surface area (Å²) in [7, 11) is 3.85. The van der Waals surface area contributed by atoms with Crippen molar-refractivity contribution in [1.82, 2.24) is 10.2 Å². The second-order valence-corrected chi connectivity index (χ2v) is 9.43. The van der Waals surface area contributed by atoms with Gasteiger partial charge in [-0.1, -0.05) is 25.0 Å². The number of hydrogen-bond donors (Lipinski definition) is 2. The number of nitrogens with zero attached hydrogens (tertiary/aromatic N) is 1. The average molecular weight is 538 g/mol. The predicted octanol–water partition coefficient (Wildman–Crippen LogP) is 2.55. The van der Waals surface area contributed by atoms with E-state index >= 15 is 0 Å². The molecule has 2 aliphatic rings. The van der Waals surface area contributed by atoms with Gasteiger partial charge in [0.05, 0.1) is 50.5 Å². The SMILES string of the molecule is COC(=O)c1cc(NC(=O)C[C@@H]2C(=O)N[C@@H]3CCCC[C@H]3N2C(=O)c2ccccc2OC)cc(C(=O)OC)c1. The number of carbonyl (C=O) groups excluding carboxylic acids is 5. The highest BCUT2D eigenvalue weighted by Gasteiger charge is 2.46. The highest BCUT2D eigenvalue weighted by atomic mass is 16.5. The van der Waals surface area contributed by atoms with Gasteiger partial charge in [-0.3, -0.25) is 14.4 Å². The molecule has 0 aromatic heterocycles. The maximum Gasteiger partial charge on any atom is 0.337 e. The lowest BCUT2D eigenvalue weighted by Gasteiger charge is -2.48. The van der Waals surface area contributed by atoms with Gasteiger partial charge in [0.2, 0.25) is 11.8 Å². The third-order valence-corrected chi connectivity index (χ3v) is 7.06. The quantitative estimate of drug-likeness (QED) is 0.514. The maximum atomic E-state index is 13.9. The first-order valence-corrected chi connectivity index (χ1v) is 12.6. The smallest absolute Gasteiger partial charge is 0.337 e. The van der Waals surface area contributed by atoms with Crippen molar-refractivity contribution in [3.05, 3.63) is 59.2 Å². The Morgan fingerprint density at radius 1 is 0.949 bits per heavy atom. The number of benzene rings is 2. The molecule has 39 heavy (non-hydrogen) atoms. The average Bonchev–Trinajstić information content (AvgIpc) is 2.96. The molecule has 0 bridgehead atoms. The third kappa shape index (κ3) is 5.87. The number of methoxy groups -OCH3 is 3. The van der Waals surface area contributed by atoms with Crippen LogP contribution in [0.2, 0.25) is 0 Å². The predicted molar refractivity (Wildman–Crippen MR) is 140 cm³/mol. The molecule has 206 valence electrons. The first-order chi connectivity index (χ1) is 18.8. The molecular weight excluding hydrogens is 506 g/mol. The first-order valence-electron chi connectivity index (χ1n) is 12.6. The Bertz CT molecular complexity index is 1260. The second kappa shape index (κ2) is 12.0. The van der Waals surface area contributed by atoms with Gasteiger partial charge >= 0.3 is 11.9 Å². The molecule has 2 N–H and O–H groups in total. The molecule has 2 aromatic carbocycles. The molecule has 2 aromatic rings. The van der Waals surface area contributed by atoms with Crippen molar-refractivity contribution in [2.24, 2.45) is 0 Å². The van der Waals surface area contributed by atoms with Crippen molar-refractivity contribution in [2.45, 2.75) is 50.2 Å². The fourth-order valence-corrected chi connectivity index (χ4v) is 5.25. The Balaban J connectivity index is 1.63. The normalized spacial score (nSPS) is 20.2. The van der Waals surface area contributed by atoms with Crippen LogP contribution >= 0.6 is 0 Å². The lowest BCUT2D eigenvalue weighted by Crippen LogP contribution is -2.68. The summed E-state index contributed by atoms with van der Waals surface area (Å²) in [6, 6.07) is 9.20. The van der Waals surface area contributed by atoms with E-state index in [1.807, 2.05) is 0 Å². The molecule has 4 rings (SSSR count). The van der Waals surface area contributed by atoms with Gasteiger partial charge in [-0.2, -0.15) is 0 Å². The minimum Gasteiger partial charge on any atom is -0.496 e. The van der Waals surface area contributed by atoms with Crippen LogP contribution in [0, 0.1) is 0 Å². The molecule has 0 spiro atoms. The molecule has 1 heterocycles. The summed E-state index contributed by atoms with van der Waals surface area (Å²) in [5.41, 5.74) is 0.504. The lowest BCUT2D eigenvalue weighted by molar-refractivity contribution is -0.135. The van der Waals surface area contributed by atoms with E-state index in [4.69, 9.17) is 14.2 Å². The fraction of sp³-hybridized carbons (Fsp3) is 0.393. The van der Waals surface area contributed by atoms with Gasteiger partial charge < -0.3 is 29.7 Å². The highest BCUT2D eigenvalue weighted by Crippen LogP contribution is 2.32. The summed E-state index contributed by atoms with van der Waals surface area (Å²) >= 11 is 0. The number of carbonyl (C=O) groups is 5. The van der Waals surface area contributed by atoms with Crippen LogP contribution < -0.4 is 15.4 Å². The number of amides is 3. The summed E-state index contributed by atoms with van der Waals surface area (Å²) in [6.45, 7) is 0. The Morgan fingerprint density at radius 3 is 2.23 bits per heavy atom. The van der Waals surface area contributed by atoms with Crippen molar-refractivity contribution < 1.29 is 38.2 Å². The Labute approximate surface area is 225 Å². The van der Waals surface area contributed by atoms with Gasteiger partial charge in [-0.05, 0) is 43.2 Å². The highest BCUT2D eigenvalue weighted by molar-refractivity contribution is 6.04. The monoisotopic (exact) mass is 537 g/mol. The largest absolute Gasteiger partial charge is 0.496 e. The number of esters is 2. The number of para-hydroxylation sites is 1. The van der Waals surface area contributed by atoms with Crippen LogP contribution in [0.4, 0.5) is 5.69 Å². The number of ether oxygens (including phenoxy) is 3. The summed E-state index contributed by atoms with van der Waals surface area (Å²) < 4.78 is 14.9. The Hall–Kier alpha value is -4.41. The van der Waals surface area contributed by atoms with Crippen molar-refractivity contribution in [3.8, 4) is 5.75 Å². The number of anilines is 1. The molecular formula is C28H31N3O8. The van der Waals surface area contributed by atoms with Gasteiger partial charge in [0.1, 0.15) is 11.8 Å². The van der Waals surface area contributed by atoms with Crippen LogP contribution in [0.5, 0.6) is 5.75 Å². The van der Waals surface area contributed by atoms with Crippen molar-refractivity contribution in [2.75, 3.05) is 26.6 Å². The molecule has 1 aliphatic carbocycles. The van der Waals surface area contributed by atoms with E-state index in [0.29, 0.717) is 17.7 Å². The number of nitrogens with one attached hydrogen (secondary N) is 2. The lowest BCUT2D eigenvalue weighted by atomic mass is 9.84. The summed E-state index contributed by atoms with van der Waals surface area (Å²) in [4.78, 5) is 66.1. The van der Waals surface area contributed by atoms with Gasteiger partial charge in [0.15, 0.2) is 0 Å². The molecule has 3 atom stereocenters. The van der Waals surface area contributed by atoms with Gasteiger partial charge in [-0.15, -0.1) is 0 Å². The summed E-state index contributed by atoms with van der Waals surface area (Å²) in [6.07, 6.45) is 2.91. The molecule has 2 fully saturated rings. The third-order valence-electron chi connectivity index (χ3n) is 7.06. The fourth-order valence-electron chi connectivity index (χ4n) is 5.25. The molecule has 1 aliphatic heterocycles. The number of fused-ring (bicyclic) bond motifs is 1. The zero-order valence-electron chi connectivity index (χ0n) is 22.0. The molecule has 0 unspecified atom stereocenters. The zero-order valence-corrected chi connectivity index (χ0v) is 22.0. The van der Waals surface area contributed by atoms with Crippen LogP contribution in [-0.2, 0) is 19.1 Å². The van der Waals surface area contributed by atoms with E-state index in [2.05, 4.69) is 10.6 Å². The molecule has 11 nitrogen and oxygen atoms in total. The molecule has 1 saturated heterocycles. The number of rotatable bonds is 7. The van der Waals surface area contributed by atoms with Crippen LogP contribution in [0.15, 0.2) is 42.5 Å².